The van der Waals surface area contributed by atoms with Crippen molar-refractivity contribution >= 4 is 5.91 Å². The van der Waals surface area contributed by atoms with Gasteiger partial charge in [0.05, 0.1) is 11.5 Å². The normalized spacial score (nSPS) is 21.8. The Labute approximate surface area is 137 Å². The lowest BCUT2D eigenvalue weighted by atomic mass is 9.63. The van der Waals surface area contributed by atoms with Gasteiger partial charge in [-0.1, -0.05) is 61.0 Å². The molecule has 1 amide bonds. The molecule has 0 radical (unpaired) electrons. The second-order valence-electron chi connectivity index (χ2n) is 6.92. The van der Waals surface area contributed by atoms with Gasteiger partial charge in [-0.2, -0.15) is 0 Å². The molecular weight excluding hydrogens is 282 g/mol. The predicted molar refractivity (Wildman–Crippen MR) is 92.2 cm³/mol. The van der Waals surface area contributed by atoms with Crippen LogP contribution in [0.3, 0.4) is 0 Å². The number of aryl methyl sites for hydroxylation is 1. The highest BCUT2D eigenvalue weighted by Crippen LogP contribution is 2.44. The van der Waals surface area contributed by atoms with E-state index in [2.05, 4.69) is 41.7 Å². The third-order valence-electron chi connectivity index (χ3n) is 5.64. The van der Waals surface area contributed by atoms with Crippen molar-refractivity contribution in [2.45, 2.75) is 50.0 Å². The van der Waals surface area contributed by atoms with Gasteiger partial charge in [0, 0.05) is 0 Å². The zero-order chi connectivity index (χ0) is 15.7. The van der Waals surface area contributed by atoms with Crippen molar-refractivity contribution in [3.8, 4) is 0 Å². The van der Waals surface area contributed by atoms with Gasteiger partial charge in [-0.05, 0) is 48.8 Å². The molecule has 0 aliphatic heterocycles. The highest BCUT2D eigenvalue weighted by molar-refractivity contribution is 5.89. The molecule has 2 aromatic carbocycles. The van der Waals surface area contributed by atoms with Gasteiger partial charge in [0.15, 0.2) is 0 Å². The Hall–Kier alpha value is -2.09. The van der Waals surface area contributed by atoms with Crippen molar-refractivity contribution in [1.82, 2.24) is 5.32 Å². The summed E-state index contributed by atoms with van der Waals surface area (Å²) in [6, 6.07) is 19.0. The molecule has 1 N–H and O–H groups in total. The fourth-order valence-electron chi connectivity index (χ4n) is 4.13. The zero-order valence-electron chi connectivity index (χ0n) is 13.4. The molecule has 0 saturated heterocycles. The Kier molecular flexibility index (Phi) is 3.68. The lowest BCUT2D eigenvalue weighted by Crippen LogP contribution is -2.50. The van der Waals surface area contributed by atoms with Crippen LogP contribution in [0.1, 0.15) is 54.8 Å². The number of hydrogen-bond donors (Lipinski definition) is 1. The van der Waals surface area contributed by atoms with Crippen LogP contribution in [0, 0.1) is 0 Å². The number of carbonyl (C=O) groups excluding carboxylic acids is 1. The molecule has 1 fully saturated rings. The van der Waals surface area contributed by atoms with Gasteiger partial charge >= 0.3 is 0 Å². The van der Waals surface area contributed by atoms with Crippen LogP contribution in [0.2, 0.25) is 0 Å². The van der Waals surface area contributed by atoms with Crippen molar-refractivity contribution in [3.05, 3.63) is 71.3 Å². The second kappa shape index (κ2) is 5.84. The fourth-order valence-corrected chi connectivity index (χ4v) is 4.13. The second-order valence-corrected chi connectivity index (χ2v) is 6.92. The van der Waals surface area contributed by atoms with E-state index in [1.165, 1.54) is 16.7 Å². The van der Waals surface area contributed by atoms with E-state index >= 15 is 0 Å². The van der Waals surface area contributed by atoms with E-state index in [1.54, 1.807) is 0 Å². The molecule has 0 aromatic heterocycles. The van der Waals surface area contributed by atoms with Crippen LogP contribution >= 0.6 is 0 Å². The van der Waals surface area contributed by atoms with Crippen molar-refractivity contribution in [3.63, 3.8) is 0 Å². The van der Waals surface area contributed by atoms with E-state index in [0.717, 1.165) is 38.5 Å². The number of amides is 1. The summed E-state index contributed by atoms with van der Waals surface area (Å²) in [5.41, 5.74) is 3.59. The van der Waals surface area contributed by atoms with Crippen LogP contribution in [0.15, 0.2) is 54.6 Å². The molecule has 1 atom stereocenters. The molecule has 23 heavy (non-hydrogen) atoms. The van der Waals surface area contributed by atoms with E-state index in [1.807, 2.05) is 18.2 Å². The summed E-state index contributed by atoms with van der Waals surface area (Å²) < 4.78 is 0. The first-order valence-corrected chi connectivity index (χ1v) is 8.74. The summed E-state index contributed by atoms with van der Waals surface area (Å²) in [5, 5.41) is 3.38. The maximum Gasteiger partial charge on any atom is 0.231 e. The van der Waals surface area contributed by atoms with Gasteiger partial charge in [0.1, 0.15) is 0 Å². The van der Waals surface area contributed by atoms with Crippen molar-refractivity contribution in [1.29, 1.82) is 0 Å². The topological polar surface area (TPSA) is 29.1 Å². The molecule has 0 heterocycles. The number of carbonyl (C=O) groups is 1. The van der Waals surface area contributed by atoms with Gasteiger partial charge in [-0.3, -0.25) is 4.79 Å². The van der Waals surface area contributed by atoms with Gasteiger partial charge in [-0.15, -0.1) is 0 Å². The molecule has 2 aliphatic rings. The highest BCUT2D eigenvalue weighted by atomic mass is 16.2. The van der Waals surface area contributed by atoms with Gasteiger partial charge < -0.3 is 5.32 Å². The Balaban J connectivity index is 1.59. The van der Waals surface area contributed by atoms with Crippen LogP contribution in [-0.4, -0.2) is 5.91 Å². The van der Waals surface area contributed by atoms with Crippen LogP contribution < -0.4 is 5.32 Å². The third-order valence-corrected chi connectivity index (χ3v) is 5.64. The van der Waals surface area contributed by atoms with E-state index in [4.69, 9.17) is 0 Å². The molecule has 0 unspecified atom stereocenters. The lowest BCUT2D eigenvalue weighted by Gasteiger charge is -2.42. The van der Waals surface area contributed by atoms with Gasteiger partial charge in [0.25, 0.3) is 0 Å². The highest BCUT2D eigenvalue weighted by Gasteiger charge is 2.46. The van der Waals surface area contributed by atoms with Crippen molar-refractivity contribution in [2.75, 3.05) is 0 Å². The van der Waals surface area contributed by atoms with E-state index in [0.29, 0.717) is 0 Å². The number of fused-ring (bicyclic) bond motifs is 1. The van der Waals surface area contributed by atoms with Crippen LogP contribution in [0.25, 0.3) is 0 Å². The standard InChI is InChI=1S/C21H23NO/c23-20(21(14-7-15-21)17-10-2-1-3-11-17)22-19-13-6-9-16-8-4-5-12-18(16)19/h1-5,8,10-12,19H,6-7,9,13-15H2,(H,22,23)/t19-/m0/s1. The average molecular weight is 305 g/mol. The number of nitrogens with one attached hydrogen (secondary N) is 1. The zero-order valence-corrected chi connectivity index (χ0v) is 13.4. The Bertz CT molecular complexity index is 703. The maximum absolute atomic E-state index is 13.1. The molecular formula is C21H23NO. The van der Waals surface area contributed by atoms with Crippen molar-refractivity contribution in [2.24, 2.45) is 0 Å². The molecule has 2 aromatic rings. The Morgan fingerprint density at radius 3 is 2.43 bits per heavy atom. The minimum Gasteiger partial charge on any atom is -0.349 e. The molecule has 0 bridgehead atoms. The summed E-state index contributed by atoms with van der Waals surface area (Å²) in [6.07, 6.45) is 6.41. The average Bonchev–Trinajstić information content (AvgIpc) is 2.55. The smallest absolute Gasteiger partial charge is 0.231 e. The lowest BCUT2D eigenvalue weighted by molar-refractivity contribution is -0.130. The minimum absolute atomic E-state index is 0.175. The maximum atomic E-state index is 13.1. The quantitative estimate of drug-likeness (QED) is 0.900. The van der Waals surface area contributed by atoms with E-state index < -0.39 is 0 Å². The molecule has 118 valence electrons. The summed E-state index contributed by atoms with van der Waals surface area (Å²) in [4.78, 5) is 13.1. The molecule has 0 spiro atoms. The SMILES string of the molecule is O=C(N[C@H]1CCCc2ccccc21)C1(c2ccccc2)CCC1. The van der Waals surface area contributed by atoms with E-state index in [9.17, 15) is 4.79 Å². The first kappa shape index (κ1) is 14.5. The third kappa shape index (κ3) is 2.46. The monoisotopic (exact) mass is 305 g/mol. The van der Waals surface area contributed by atoms with Gasteiger partial charge in [0.2, 0.25) is 5.91 Å². The number of benzene rings is 2. The molecule has 4 rings (SSSR count). The number of hydrogen-bond acceptors (Lipinski definition) is 1. The summed E-state index contributed by atoms with van der Waals surface area (Å²) in [7, 11) is 0. The molecule has 1 saturated carbocycles. The molecule has 2 nitrogen and oxygen atoms in total. The summed E-state index contributed by atoms with van der Waals surface area (Å²) >= 11 is 0. The summed E-state index contributed by atoms with van der Waals surface area (Å²) in [5.74, 6) is 0.219. The largest absolute Gasteiger partial charge is 0.349 e. The fraction of sp³-hybridized carbons (Fsp3) is 0.381. The Morgan fingerprint density at radius 1 is 0.957 bits per heavy atom. The van der Waals surface area contributed by atoms with Crippen LogP contribution in [0.4, 0.5) is 0 Å². The number of rotatable bonds is 3. The van der Waals surface area contributed by atoms with Crippen LogP contribution in [0.5, 0.6) is 0 Å². The van der Waals surface area contributed by atoms with Crippen molar-refractivity contribution < 1.29 is 4.79 Å². The first-order valence-electron chi connectivity index (χ1n) is 8.74. The molecule has 2 heteroatoms. The molecule has 2 aliphatic carbocycles. The van der Waals surface area contributed by atoms with Gasteiger partial charge in [-0.25, -0.2) is 0 Å². The minimum atomic E-state index is -0.298. The van der Waals surface area contributed by atoms with Crippen LogP contribution in [-0.2, 0) is 16.6 Å². The Morgan fingerprint density at radius 2 is 1.70 bits per heavy atom. The predicted octanol–water partition coefficient (Wildman–Crippen LogP) is 4.30. The van der Waals surface area contributed by atoms with E-state index in [-0.39, 0.29) is 17.4 Å². The summed E-state index contributed by atoms with van der Waals surface area (Å²) in [6.45, 7) is 0. The first-order chi connectivity index (χ1) is 11.3.